The molecule has 4 nitrogen and oxygen atoms in total. The van der Waals surface area contributed by atoms with Crippen molar-refractivity contribution in [1.82, 2.24) is 4.90 Å². The first kappa shape index (κ1) is 17.1. The Morgan fingerprint density at radius 1 is 1.29 bits per heavy atom. The molecule has 120 valence electrons. The van der Waals surface area contributed by atoms with Crippen LogP contribution in [-0.2, 0) is 9.47 Å². The normalized spacial score (nSPS) is 22.4. The van der Waals surface area contributed by atoms with Gasteiger partial charge in [0.15, 0.2) is 0 Å². The SMILES string of the molecule is CC(C)(C)OC(=O)N1CCC2(C=[C]([Sn]([CH3])([CH3])[CH3])CO2)CC1. The second kappa shape index (κ2) is 5.76. The summed E-state index contributed by atoms with van der Waals surface area (Å²) in [5.74, 6) is 0. The molecule has 2 rings (SSSR count). The Kier molecular flexibility index (Phi) is 4.70. The molecule has 2 aliphatic heterocycles. The minimum atomic E-state index is -2.01. The Bertz CT molecular complexity index is 437. The molecule has 1 spiro atoms. The van der Waals surface area contributed by atoms with Gasteiger partial charge in [-0.25, -0.2) is 0 Å². The molecule has 1 fully saturated rings. The first-order valence-electron chi connectivity index (χ1n) is 7.85. The fourth-order valence-electron chi connectivity index (χ4n) is 2.74. The number of carbonyl (C=O) groups is 1. The molecule has 1 saturated heterocycles. The number of carbonyl (C=O) groups excluding carboxylic acids is 1. The summed E-state index contributed by atoms with van der Waals surface area (Å²) in [6.07, 6.45) is 3.97. The fraction of sp³-hybridized carbons (Fsp3) is 0.812. The Labute approximate surface area is 132 Å². The van der Waals surface area contributed by atoms with Gasteiger partial charge in [-0.2, -0.15) is 0 Å². The van der Waals surface area contributed by atoms with E-state index in [1.54, 1.807) is 3.59 Å². The Morgan fingerprint density at radius 3 is 2.29 bits per heavy atom. The van der Waals surface area contributed by atoms with Crippen molar-refractivity contribution < 1.29 is 14.3 Å². The third kappa shape index (κ3) is 4.38. The van der Waals surface area contributed by atoms with Gasteiger partial charge in [-0.1, -0.05) is 0 Å². The van der Waals surface area contributed by atoms with Crippen LogP contribution in [0.5, 0.6) is 0 Å². The number of piperidine rings is 1. The molecule has 2 aliphatic rings. The summed E-state index contributed by atoms with van der Waals surface area (Å²) in [5, 5.41) is 0. The molecule has 0 bridgehead atoms. The molecule has 1 amide bonds. The zero-order valence-corrected chi connectivity index (χ0v) is 17.1. The van der Waals surface area contributed by atoms with Gasteiger partial charge in [0.1, 0.15) is 0 Å². The van der Waals surface area contributed by atoms with Crippen molar-refractivity contribution in [3.63, 3.8) is 0 Å². The van der Waals surface area contributed by atoms with E-state index in [0.717, 1.165) is 32.5 Å². The molecule has 0 aromatic heterocycles. The van der Waals surface area contributed by atoms with Crippen molar-refractivity contribution in [3.05, 3.63) is 9.67 Å². The molecule has 2 heterocycles. The van der Waals surface area contributed by atoms with Crippen LogP contribution in [0.3, 0.4) is 0 Å². The molecule has 0 atom stereocenters. The van der Waals surface area contributed by atoms with Crippen LogP contribution in [0.15, 0.2) is 9.67 Å². The average molecular weight is 402 g/mol. The fourth-order valence-corrected chi connectivity index (χ4v) is 6.17. The van der Waals surface area contributed by atoms with Gasteiger partial charge in [0.25, 0.3) is 0 Å². The van der Waals surface area contributed by atoms with Crippen molar-refractivity contribution in [2.24, 2.45) is 0 Å². The van der Waals surface area contributed by atoms with Crippen molar-refractivity contribution >= 4 is 24.5 Å². The summed E-state index contributed by atoms with van der Waals surface area (Å²) in [6, 6.07) is 0. The predicted molar refractivity (Wildman–Crippen MR) is 87.2 cm³/mol. The molecule has 0 unspecified atom stereocenters. The Hall–Kier alpha value is -0.231. The molecular weight excluding hydrogens is 373 g/mol. The van der Waals surface area contributed by atoms with Gasteiger partial charge in [-0.3, -0.25) is 0 Å². The number of hydrogen-bond acceptors (Lipinski definition) is 3. The van der Waals surface area contributed by atoms with E-state index in [4.69, 9.17) is 9.47 Å². The summed E-state index contributed by atoms with van der Waals surface area (Å²) in [5.41, 5.74) is -0.540. The van der Waals surface area contributed by atoms with Gasteiger partial charge in [-0.05, 0) is 0 Å². The van der Waals surface area contributed by atoms with Crippen LogP contribution in [-0.4, -0.2) is 60.3 Å². The summed E-state index contributed by atoms with van der Waals surface area (Å²) in [4.78, 5) is 21.2. The molecule has 5 heteroatoms. The summed E-state index contributed by atoms with van der Waals surface area (Å²) in [7, 11) is 0. The van der Waals surface area contributed by atoms with Crippen molar-refractivity contribution in [2.45, 2.75) is 59.6 Å². The standard InChI is InChI=1S/C13H20NO3.3CH3.Sn/c1-12(2,3)17-11(15)14-8-6-13(7-9-14)5-4-10-16-13;;;;/h5H,6-10H2,1-3H3;3*1H3;. The molecule has 0 radical (unpaired) electrons. The Balaban J connectivity index is 1.95. The van der Waals surface area contributed by atoms with Crippen molar-refractivity contribution in [3.8, 4) is 0 Å². The van der Waals surface area contributed by atoms with E-state index >= 15 is 0 Å². The quantitative estimate of drug-likeness (QED) is 0.630. The van der Waals surface area contributed by atoms with Gasteiger partial charge in [0, 0.05) is 0 Å². The molecule has 0 saturated carbocycles. The molecule has 0 aromatic carbocycles. The van der Waals surface area contributed by atoms with Gasteiger partial charge >= 0.3 is 133 Å². The molecule has 0 N–H and O–H groups in total. The number of rotatable bonds is 1. The third-order valence-corrected chi connectivity index (χ3v) is 10.5. The maximum absolute atomic E-state index is 12.1. The maximum atomic E-state index is 12.1. The van der Waals surface area contributed by atoms with E-state index in [1.165, 1.54) is 0 Å². The van der Waals surface area contributed by atoms with Crippen LogP contribution >= 0.6 is 0 Å². The van der Waals surface area contributed by atoms with Gasteiger partial charge < -0.3 is 0 Å². The van der Waals surface area contributed by atoms with Crippen LogP contribution in [0.25, 0.3) is 0 Å². The van der Waals surface area contributed by atoms with Crippen LogP contribution < -0.4 is 0 Å². The first-order chi connectivity index (χ1) is 9.51. The zero-order valence-electron chi connectivity index (χ0n) is 14.3. The van der Waals surface area contributed by atoms with Gasteiger partial charge in [0.2, 0.25) is 0 Å². The zero-order chi connectivity index (χ0) is 15.9. The summed E-state index contributed by atoms with van der Waals surface area (Å²) >= 11 is -2.01. The second-order valence-corrected chi connectivity index (χ2v) is 22.9. The van der Waals surface area contributed by atoms with E-state index in [1.807, 2.05) is 25.7 Å². The van der Waals surface area contributed by atoms with Gasteiger partial charge in [0.05, 0.1) is 0 Å². The number of amides is 1. The third-order valence-electron chi connectivity index (χ3n) is 4.18. The minimum absolute atomic E-state index is 0.113. The topological polar surface area (TPSA) is 38.8 Å². The first-order valence-corrected chi connectivity index (χ1v) is 17.8. The van der Waals surface area contributed by atoms with Crippen LogP contribution in [0.2, 0.25) is 14.8 Å². The van der Waals surface area contributed by atoms with Gasteiger partial charge in [-0.15, -0.1) is 0 Å². The van der Waals surface area contributed by atoms with E-state index in [9.17, 15) is 4.79 Å². The molecule has 21 heavy (non-hydrogen) atoms. The van der Waals surface area contributed by atoms with E-state index in [2.05, 4.69) is 20.9 Å². The number of ether oxygens (including phenoxy) is 2. The summed E-state index contributed by atoms with van der Waals surface area (Å²) < 4.78 is 13.2. The van der Waals surface area contributed by atoms with Crippen LogP contribution in [0.4, 0.5) is 4.79 Å². The molecule has 0 aromatic rings. The number of nitrogens with zero attached hydrogens (tertiary/aromatic N) is 1. The molecule has 0 aliphatic carbocycles. The second-order valence-electron chi connectivity index (χ2n) is 8.24. The number of hydrogen-bond donors (Lipinski definition) is 0. The summed E-state index contributed by atoms with van der Waals surface area (Å²) in [6.45, 7) is 7.97. The predicted octanol–water partition coefficient (Wildman–Crippen LogP) is 3.59. The monoisotopic (exact) mass is 403 g/mol. The van der Waals surface area contributed by atoms with E-state index in [-0.39, 0.29) is 11.7 Å². The van der Waals surface area contributed by atoms with E-state index < -0.39 is 24.0 Å². The van der Waals surface area contributed by atoms with Crippen molar-refractivity contribution in [1.29, 1.82) is 0 Å². The van der Waals surface area contributed by atoms with Crippen LogP contribution in [0, 0.1) is 0 Å². The van der Waals surface area contributed by atoms with Crippen LogP contribution in [0.1, 0.15) is 33.6 Å². The average Bonchev–Trinajstić information content (AvgIpc) is 2.72. The molecular formula is C16H29NO3Sn. The van der Waals surface area contributed by atoms with E-state index in [0.29, 0.717) is 0 Å². The number of likely N-dealkylation sites (tertiary alicyclic amines) is 1. The van der Waals surface area contributed by atoms with Crippen molar-refractivity contribution in [2.75, 3.05) is 19.7 Å². The Morgan fingerprint density at radius 2 is 1.86 bits per heavy atom.